The van der Waals surface area contributed by atoms with E-state index in [1.807, 2.05) is 24.3 Å². The van der Waals surface area contributed by atoms with Gasteiger partial charge in [0.25, 0.3) is 0 Å². The van der Waals surface area contributed by atoms with E-state index in [0.29, 0.717) is 5.92 Å². The van der Waals surface area contributed by atoms with Crippen LogP contribution in [0.2, 0.25) is 5.02 Å². The van der Waals surface area contributed by atoms with Crippen molar-refractivity contribution in [1.82, 2.24) is 5.32 Å². The van der Waals surface area contributed by atoms with Gasteiger partial charge in [0.2, 0.25) is 0 Å². The van der Waals surface area contributed by atoms with Gasteiger partial charge >= 0.3 is 0 Å². The first-order chi connectivity index (χ1) is 7.27. The quantitative estimate of drug-likeness (QED) is 0.810. The van der Waals surface area contributed by atoms with Crippen molar-refractivity contribution in [3.63, 3.8) is 0 Å². The number of piperidine rings is 1. The number of hydrogen-bond donors (Lipinski definition) is 2. The molecule has 1 aromatic carbocycles. The van der Waals surface area contributed by atoms with Gasteiger partial charge in [0.15, 0.2) is 0 Å². The van der Waals surface area contributed by atoms with Crippen LogP contribution in [0.5, 0.6) is 0 Å². The SMILES string of the molecule is O[C@@H](c1ccc(Cl)cc1)C1CCNCC1. The molecule has 2 N–H and O–H groups in total. The number of aliphatic hydroxyl groups is 1. The van der Waals surface area contributed by atoms with Crippen molar-refractivity contribution in [3.05, 3.63) is 34.9 Å². The number of halogens is 1. The molecule has 0 amide bonds. The molecule has 1 aliphatic rings. The van der Waals surface area contributed by atoms with E-state index < -0.39 is 0 Å². The van der Waals surface area contributed by atoms with Gasteiger partial charge in [-0.25, -0.2) is 0 Å². The lowest BCUT2D eigenvalue weighted by Crippen LogP contribution is -2.30. The Morgan fingerprint density at radius 1 is 1.20 bits per heavy atom. The minimum atomic E-state index is -0.343. The van der Waals surface area contributed by atoms with Gasteiger partial charge in [-0.05, 0) is 49.5 Å². The summed E-state index contributed by atoms with van der Waals surface area (Å²) in [4.78, 5) is 0. The predicted molar refractivity (Wildman–Crippen MR) is 62.0 cm³/mol. The third kappa shape index (κ3) is 2.71. The fraction of sp³-hybridized carbons (Fsp3) is 0.500. The van der Waals surface area contributed by atoms with Crippen LogP contribution in [0.15, 0.2) is 24.3 Å². The lowest BCUT2D eigenvalue weighted by Gasteiger charge is -2.27. The summed E-state index contributed by atoms with van der Waals surface area (Å²) >= 11 is 5.81. The standard InChI is InChI=1S/C12H16ClNO/c13-11-3-1-9(2-4-11)12(15)10-5-7-14-8-6-10/h1-4,10,12,14-15H,5-8H2/t12-/m0/s1. The maximum atomic E-state index is 10.2. The maximum Gasteiger partial charge on any atom is 0.0819 e. The van der Waals surface area contributed by atoms with Crippen LogP contribution in [0.25, 0.3) is 0 Å². The Morgan fingerprint density at radius 3 is 2.40 bits per heavy atom. The van der Waals surface area contributed by atoms with Gasteiger partial charge in [0, 0.05) is 5.02 Å². The molecule has 1 heterocycles. The molecule has 3 heteroatoms. The summed E-state index contributed by atoms with van der Waals surface area (Å²) in [6, 6.07) is 7.49. The zero-order valence-electron chi connectivity index (χ0n) is 8.62. The Hall–Kier alpha value is -0.570. The first-order valence-corrected chi connectivity index (χ1v) is 5.79. The Morgan fingerprint density at radius 2 is 1.80 bits per heavy atom. The highest BCUT2D eigenvalue weighted by molar-refractivity contribution is 6.30. The van der Waals surface area contributed by atoms with Crippen LogP contribution in [0.4, 0.5) is 0 Å². The maximum absolute atomic E-state index is 10.2. The van der Waals surface area contributed by atoms with Gasteiger partial charge in [-0.3, -0.25) is 0 Å². The molecule has 1 aliphatic heterocycles. The Labute approximate surface area is 95.3 Å². The average Bonchev–Trinajstić information content (AvgIpc) is 2.30. The second kappa shape index (κ2) is 4.97. The zero-order chi connectivity index (χ0) is 10.7. The highest BCUT2D eigenvalue weighted by Gasteiger charge is 2.22. The highest BCUT2D eigenvalue weighted by atomic mass is 35.5. The largest absolute Gasteiger partial charge is 0.388 e. The summed E-state index contributed by atoms with van der Waals surface area (Å²) in [5, 5.41) is 14.2. The minimum absolute atomic E-state index is 0.343. The molecule has 0 spiro atoms. The lowest BCUT2D eigenvalue weighted by atomic mass is 9.88. The summed E-state index contributed by atoms with van der Waals surface area (Å²) in [7, 11) is 0. The fourth-order valence-electron chi connectivity index (χ4n) is 2.09. The van der Waals surface area contributed by atoms with Crippen molar-refractivity contribution < 1.29 is 5.11 Å². The number of benzene rings is 1. The van der Waals surface area contributed by atoms with Gasteiger partial charge in [0.05, 0.1) is 6.10 Å². The monoisotopic (exact) mass is 225 g/mol. The number of hydrogen-bond acceptors (Lipinski definition) is 2. The fourth-order valence-corrected chi connectivity index (χ4v) is 2.22. The van der Waals surface area contributed by atoms with Gasteiger partial charge < -0.3 is 10.4 Å². The van der Waals surface area contributed by atoms with Crippen LogP contribution in [0, 0.1) is 5.92 Å². The van der Waals surface area contributed by atoms with Gasteiger partial charge in [0.1, 0.15) is 0 Å². The molecular formula is C12H16ClNO. The second-order valence-corrected chi connectivity index (χ2v) is 4.52. The molecule has 0 unspecified atom stereocenters. The van der Waals surface area contributed by atoms with Crippen molar-refractivity contribution >= 4 is 11.6 Å². The third-order valence-corrected chi connectivity index (χ3v) is 3.29. The van der Waals surface area contributed by atoms with E-state index in [0.717, 1.165) is 36.5 Å². The van der Waals surface area contributed by atoms with Crippen molar-refractivity contribution in [3.8, 4) is 0 Å². The van der Waals surface area contributed by atoms with Crippen LogP contribution < -0.4 is 5.32 Å². The Balaban J connectivity index is 2.05. The lowest BCUT2D eigenvalue weighted by molar-refractivity contribution is 0.0889. The molecule has 0 aliphatic carbocycles. The van der Waals surface area contributed by atoms with E-state index in [4.69, 9.17) is 11.6 Å². The van der Waals surface area contributed by atoms with E-state index in [1.54, 1.807) is 0 Å². The van der Waals surface area contributed by atoms with Crippen LogP contribution in [0.1, 0.15) is 24.5 Å². The molecule has 1 atom stereocenters. The molecule has 0 bridgehead atoms. The summed E-state index contributed by atoms with van der Waals surface area (Å²) in [6.45, 7) is 2.02. The molecule has 0 aromatic heterocycles. The summed E-state index contributed by atoms with van der Waals surface area (Å²) in [5.74, 6) is 0.382. The van der Waals surface area contributed by atoms with E-state index in [2.05, 4.69) is 5.32 Å². The van der Waals surface area contributed by atoms with Crippen molar-refractivity contribution in [1.29, 1.82) is 0 Å². The normalized spacial score (nSPS) is 20.1. The summed E-state index contributed by atoms with van der Waals surface area (Å²) in [5.41, 5.74) is 0.978. The predicted octanol–water partition coefficient (Wildman–Crippen LogP) is 2.37. The van der Waals surface area contributed by atoms with E-state index >= 15 is 0 Å². The molecule has 1 fully saturated rings. The first-order valence-electron chi connectivity index (χ1n) is 5.41. The number of aliphatic hydroxyl groups excluding tert-OH is 1. The molecule has 2 rings (SSSR count). The Kier molecular flexibility index (Phi) is 3.62. The summed E-state index contributed by atoms with van der Waals surface area (Å²) < 4.78 is 0. The van der Waals surface area contributed by atoms with Crippen LogP contribution in [-0.2, 0) is 0 Å². The van der Waals surface area contributed by atoms with Crippen LogP contribution in [-0.4, -0.2) is 18.2 Å². The van der Waals surface area contributed by atoms with Crippen molar-refractivity contribution in [2.45, 2.75) is 18.9 Å². The zero-order valence-corrected chi connectivity index (χ0v) is 9.37. The molecular weight excluding hydrogens is 210 g/mol. The van der Waals surface area contributed by atoms with Gasteiger partial charge in [-0.15, -0.1) is 0 Å². The van der Waals surface area contributed by atoms with Gasteiger partial charge in [-0.1, -0.05) is 23.7 Å². The van der Waals surface area contributed by atoms with E-state index in [9.17, 15) is 5.11 Å². The molecule has 15 heavy (non-hydrogen) atoms. The van der Waals surface area contributed by atoms with Crippen molar-refractivity contribution in [2.75, 3.05) is 13.1 Å². The summed E-state index contributed by atoms with van der Waals surface area (Å²) in [6.07, 6.45) is 1.75. The molecule has 82 valence electrons. The third-order valence-electron chi connectivity index (χ3n) is 3.04. The molecule has 2 nitrogen and oxygen atoms in total. The van der Waals surface area contributed by atoms with E-state index in [1.165, 1.54) is 0 Å². The molecule has 1 aromatic rings. The smallest absolute Gasteiger partial charge is 0.0819 e. The van der Waals surface area contributed by atoms with Crippen LogP contribution >= 0.6 is 11.6 Å². The Bertz CT molecular complexity index is 306. The molecule has 0 saturated carbocycles. The highest BCUT2D eigenvalue weighted by Crippen LogP contribution is 2.29. The minimum Gasteiger partial charge on any atom is -0.388 e. The topological polar surface area (TPSA) is 32.3 Å². The second-order valence-electron chi connectivity index (χ2n) is 4.08. The average molecular weight is 226 g/mol. The molecule has 0 radical (unpaired) electrons. The van der Waals surface area contributed by atoms with Crippen molar-refractivity contribution in [2.24, 2.45) is 5.92 Å². The number of nitrogens with one attached hydrogen (secondary N) is 1. The molecule has 1 saturated heterocycles. The van der Waals surface area contributed by atoms with E-state index in [-0.39, 0.29) is 6.10 Å². The van der Waals surface area contributed by atoms with Gasteiger partial charge in [-0.2, -0.15) is 0 Å². The van der Waals surface area contributed by atoms with Crippen LogP contribution in [0.3, 0.4) is 0 Å². The first kappa shape index (κ1) is 10.9. The number of rotatable bonds is 2.